The van der Waals surface area contributed by atoms with Crippen molar-refractivity contribution in [1.29, 1.82) is 0 Å². The van der Waals surface area contributed by atoms with Crippen LogP contribution in [0.2, 0.25) is 0 Å². The molecule has 0 N–H and O–H groups in total. The average Bonchev–Trinajstić information content (AvgIpc) is 2.84. The quantitative estimate of drug-likeness (QED) is 0.703. The van der Waals surface area contributed by atoms with Crippen LogP contribution in [-0.4, -0.2) is 37.1 Å². The van der Waals surface area contributed by atoms with Gasteiger partial charge in [0.15, 0.2) is 0 Å². The minimum absolute atomic E-state index is 0.0471. The molecule has 1 aromatic rings. The maximum atomic E-state index is 12.3. The summed E-state index contributed by atoms with van der Waals surface area (Å²) in [6.45, 7) is 1.39. The average molecular weight is 410 g/mol. The number of hydrogen-bond donors (Lipinski definition) is 0. The molecule has 5 heteroatoms. The summed E-state index contributed by atoms with van der Waals surface area (Å²) < 4.78 is 7.21. The highest BCUT2D eigenvalue weighted by Crippen LogP contribution is 2.22. The molecule has 17 heavy (non-hydrogen) atoms. The van der Waals surface area contributed by atoms with Gasteiger partial charge in [0.2, 0.25) is 0 Å². The molecule has 0 bridgehead atoms. The molecule has 1 aliphatic rings. The zero-order valence-electron chi connectivity index (χ0n) is 9.45. The number of halogens is 2. The number of amides is 1. The summed E-state index contributed by atoms with van der Waals surface area (Å²) in [4.78, 5) is 14.1. The normalized spacial score (nSPS) is 19.4. The van der Waals surface area contributed by atoms with Crippen LogP contribution in [-0.2, 0) is 4.74 Å². The molecule has 0 radical (unpaired) electrons. The van der Waals surface area contributed by atoms with Crippen molar-refractivity contribution in [3.63, 3.8) is 0 Å². The van der Waals surface area contributed by atoms with E-state index in [1.54, 1.807) is 4.90 Å². The summed E-state index contributed by atoms with van der Waals surface area (Å²) in [5.74, 6) is 0.0471. The van der Waals surface area contributed by atoms with Gasteiger partial charge in [0.05, 0.1) is 18.2 Å². The molecule has 1 atom stereocenters. The van der Waals surface area contributed by atoms with Gasteiger partial charge in [-0.1, -0.05) is 0 Å². The molecule has 1 aliphatic heterocycles. The number of ether oxygens (including phenoxy) is 1. The van der Waals surface area contributed by atoms with Crippen LogP contribution in [0, 0.1) is 3.57 Å². The number of carbonyl (C=O) groups excluding carboxylic acids is 1. The van der Waals surface area contributed by atoms with E-state index in [1.807, 2.05) is 25.2 Å². The second-order valence-corrected chi connectivity index (χ2v) is 6.16. The van der Waals surface area contributed by atoms with Crippen LogP contribution < -0.4 is 0 Å². The van der Waals surface area contributed by atoms with E-state index < -0.39 is 0 Å². The van der Waals surface area contributed by atoms with Gasteiger partial charge in [0.1, 0.15) is 0 Å². The lowest BCUT2D eigenvalue weighted by Gasteiger charge is -2.23. The molecule has 0 saturated carbocycles. The van der Waals surface area contributed by atoms with E-state index in [0.29, 0.717) is 12.2 Å². The third-order valence-electron chi connectivity index (χ3n) is 2.93. The van der Waals surface area contributed by atoms with Crippen LogP contribution in [0.5, 0.6) is 0 Å². The molecule has 1 heterocycles. The number of carbonyl (C=O) groups is 1. The SMILES string of the molecule is CN(C(=O)c1cc(I)ccc1Br)C1CCOC1. The maximum absolute atomic E-state index is 12.3. The molecule has 0 aliphatic carbocycles. The Labute approximate surface area is 123 Å². The van der Waals surface area contributed by atoms with E-state index in [4.69, 9.17) is 4.74 Å². The first kappa shape index (κ1) is 13.3. The standard InChI is InChI=1S/C12H13BrINO2/c1-15(9-4-5-17-7-9)12(16)10-6-8(14)2-3-11(10)13/h2-3,6,9H,4-5,7H2,1H3. The van der Waals surface area contributed by atoms with Crippen LogP contribution in [0.4, 0.5) is 0 Å². The van der Waals surface area contributed by atoms with Crippen molar-refractivity contribution in [2.45, 2.75) is 12.5 Å². The third-order valence-corrected chi connectivity index (χ3v) is 4.30. The van der Waals surface area contributed by atoms with Gasteiger partial charge in [-0.2, -0.15) is 0 Å². The van der Waals surface area contributed by atoms with Crippen molar-refractivity contribution in [2.75, 3.05) is 20.3 Å². The van der Waals surface area contributed by atoms with Crippen LogP contribution in [0.3, 0.4) is 0 Å². The summed E-state index contributed by atoms with van der Waals surface area (Å²) in [6, 6.07) is 5.99. The smallest absolute Gasteiger partial charge is 0.255 e. The van der Waals surface area contributed by atoms with Crippen molar-refractivity contribution in [2.24, 2.45) is 0 Å². The van der Waals surface area contributed by atoms with Crippen LogP contribution >= 0.6 is 38.5 Å². The predicted octanol–water partition coefficient (Wildman–Crippen LogP) is 2.91. The lowest BCUT2D eigenvalue weighted by molar-refractivity contribution is 0.0710. The molecule has 92 valence electrons. The van der Waals surface area contributed by atoms with E-state index >= 15 is 0 Å². The minimum atomic E-state index is 0.0471. The highest BCUT2D eigenvalue weighted by atomic mass is 127. The number of benzene rings is 1. The van der Waals surface area contributed by atoms with Gasteiger partial charge in [0, 0.05) is 21.7 Å². The maximum Gasteiger partial charge on any atom is 0.255 e. The van der Waals surface area contributed by atoms with Crippen LogP contribution in [0.25, 0.3) is 0 Å². The lowest BCUT2D eigenvalue weighted by atomic mass is 10.1. The second kappa shape index (κ2) is 5.67. The van der Waals surface area contributed by atoms with E-state index in [1.165, 1.54) is 0 Å². The summed E-state index contributed by atoms with van der Waals surface area (Å²) in [5, 5.41) is 0. The fourth-order valence-electron chi connectivity index (χ4n) is 1.84. The number of nitrogens with zero attached hydrogens (tertiary/aromatic N) is 1. The molecule has 0 spiro atoms. The van der Waals surface area contributed by atoms with Crippen molar-refractivity contribution >= 4 is 44.4 Å². The topological polar surface area (TPSA) is 29.5 Å². The van der Waals surface area contributed by atoms with Crippen molar-refractivity contribution in [3.8, 4) is 0 Å². The predicted molar refractivity (Wildman–Crippen MR) is 78.2 cm³/mol. The molecular formula is C12H13BrINO2. The lowest BCUT2D eigenvalue weighted by Crippen LogP contribution is -2.37. The Balaban J connectivity index is 2.20. The first-order valence-corrected chi connectivity index (χ1v) is 7.26. The van der Waals surface area contributed by atoms with Gasteiger partial charge >= 0.3 is 0 Å². The summed E-state index contributed by atoms with van der Waals surface area (Å²) in [6.07, 6.45) is 0.920. The molecule has 3 nitrogen and oxygen atoms in total. The monoisotopic (exact) mass is 409 g/mol. The van der Waals surface area contributed by atoms with E-state index in [9.17, 15) is 4.79 Å². The minimum Gasteiger partial charge on any atom is -0.379 e. The number of rotatable bonds is 2. The van der Waals surface area contributed by atoms with Gasteiger partial charge in [-0.3, -0.25) is 4.79 Å². The molecule has 1 amide bonds. The molecular weight excluding hydrogens is 397 g/mol. The summed E-state index contributed by atoms with van der Waals surface area (Å²) in [7, 11) is 1.84. The van der Waals surface area contributed by atoms with Crippen LogP contribution in [0.1, 0.15) is 16.8 Å². The van der Waals surface area contributed by atoms with Gasteiger partial charge < -0.3 is 9.64 Å². The molecule has 1 fully saturated rings. The molecule has 1 saturated heterocycles. The Kier molecular flexibility index (Phi) is 4.43. The fraction of sp³-hybridized carbons (Fsp3) is 0.417. The molecule has 2 rings (SSSR count). The van der Waals surface area contributed by atoms with Gasteiger partial charge in [-0.05, 0) is 63.1 Å². The Hall–Kier alpha value is -0.140. The largest absolute Gasteiger partial charge is 0.379 e. The molecule has 1 unspecified atom stereocenters. The van der Waals surface area contributed by atoms with E-state index in [2.05, 4.69) is 38.5 Å². The molecule has 0 aromatic heterocycles. The van der Waals surface area contributed by atoms with Gasteiger partial charge in [-0.15, -0.1) is 0 Å². The van der Waals surface area contributed by atoms with Crippen LogP contribution in [0.15, 0.2) is 22.7 Å². The van der Waals surface area contributed by atoms with Crippen molar-refractivity contribution in [3.05, 3.63) is 31.8 Å². The van der Waals surface area contributed by atoms with E-state index in [-0.39, 0.29) is 11.9 Å². The molecule has 1 aromatic carbocycles. The summed E-state index contributed by atoms with van der Waals surface area (Å²) >= 11 is 5.64. The Morgan fingerprint density at radius 2 is 2.35 bits per heavy atom. The highest BCUT2D eigenvalue weighted by Gasteiger charge is 2.25. The third kappa shape index (κ3) is 3.00. The Bertz CT molecular complexity index is 433. The zero-order valence-corrected chi connectivity index (χ0v) is 13.2. The Morgan fingerprint density at radius 3 is 3.00 bits per heavy atom. The highest BCUT2D eigenvalue weighted by molar-refractivity contribution is 14.1. The zero-order chi connectivity index (χ0) is 12.4. The Morgan fingerprint density at radius 1 is 1.59 bits per heavy atom. The number of hydrogen-bond acceptors (Lipinski definition) is 2. The van der Waals surface area contributed by atoms with Gasteiger partial charge in [-0.25, -0.2) is 0 Å². The number of likely N-dealkylation sites (N-methyl/N-ethyl adjacent to an activating group) is 1. The summed E-state index contributed by atoms with van der Waals surface area (Å²) in [5.41, 5.74) is 0.714. The van der Waals surface area contributed by atoms with Crippen molar-refractivity contribution < 1.29 is 9.53 Å². The second-order valence-electron chi connectivity index (χ2n) is 4.06. The van der Waals surface area contributed by atoms with Gasteiger partial charge in [0.25, 0.3) is 5.91 Å². The first-order valence-electron chi connectivity index (χ1n) is 5.39. The van der Waals surface area contributed by atoms with Crippen molar-refractivity contribution in [1.82, 2.24) is 4.90 Å². The first-order chi connectivity index (χ1) is 8.09. The fourth-order valence-corrected chi connectivity index (χ4v) is 2.75. The van der Waals surface area contributed by atoms with E-state index in [0.717, 1.165) is 21.1 Å².